The van der Waals surface area contributed by atoms with Crippen LogP contribution in [0, 0.1) is 0 Å². The fourth-order valence-electron chi connectivity index (χ4n) is 1.42. The van der Waals surface area contributed by atoms with Crippen molar-refractivity contribution in [2.75, 3.05) is 13.1 Å². The summed E-state index contributed by atoms with van der Waals surface area (Å²) >= 11 is 0. The topological polar surface area (TPSA) is 78.4 Å². The average molecular weight is 226 g/mol. The lowest BCUT2D eigenvalue weighted by Gasteiger charge is -2.22. The number of rotatable bonds is 5. The number of carbonyl (C=O) groups is 2. The van der Waals surface area contributed by atoms with Crippen molar-refractivity contribution in [2.45, 2.75) is 32.7 Å². The van der Waals surface area contributed by atoms with Crippen molar-refractivity contribution < 1.29 is 14.7 Å². The van der Waals surface area contributed by atoms with Gasteiger partial charge in [-0.1, -0.05) is 0 Å². The van der Waals surface area contributed by atoms with Crippen molar-refractivity contribution in [3.05, 3.63) is 11.1 Å². The van der Waals surface area contributed by atoms with Crippen molar-refractivity contribution >= 4 is 11.9 Å². The molecule has 0 aromatic carbocycles. The zero-order valence-corrected chi connectivity index (χ0v) is 9.67. The van der Waals surface area contributed by atoms with Crippen LogP contribution in [0.4, 0.5) is 0 Å². The Bertz CT molecular complexity index is 317. The number of aliphatic carboxylic acids is 1. The molecule has 1 aliphatic heterocycles. The van der Waals surface area contributed by atoms with Crippen molar-refractivity contribution in [2.24, 2.45) is 0 Å². The number of carboxylic acid groups (broad SMARTS) is 1. The highest BCUT2D eigenvalue weighted by Gasteiger charge is 2.17. The highest BCUT2D eigenvalue weighted by atomic mass is 16.4. The third-order valence-electron chi connectivity index (χ3n) is 2.72. The first-order valence-corrected chi connectivity index (χ1v) is 5.42. The fraction of sp³-hybridized carbons (Fsp3) is 0.636. The number of carbonyl (C=O) groups excluding carboxylic acids is 1. The summed E-state index contributed by atoms with van der Waals surface area (Å²) in [5, 5.41) is 14.4. The van der Waals surface area contributed by atoms with Gasteiger partial charge >= 0.3 is 5.97 Å². The van der Waals surface area contributed by atoms with Crippen LogP contribution in [0.5, 0.6) is 0 Å². The van der Waals surface area contributed by atoms with E-state index in [1.807, 2.05) is 6.92 Å². The number of amides is 1. The van der Waals surface area contributed by atoms with Crippen molar-refractivity contribution in [1.82, 2.24) is 10.6 Å². The van der Waals surface area contributed by atoms with Gasteiger partial charge in [-0.2, -0.15) is 0 Å². The third kappa shape index (κ3) is 3.66. The lowest BCUT2D eigenvalue weighted by molar-refractivity contribution is -0.137. The Morgan fingerprint density at radius 3 is 2.56 bits per heavy atom. The molecule has 0 aliphatic carbocycles. The summed E-state index contributed by atoms with van der Waals surface area (Å²) in [4.78, 5) is 22.0. The van der Waals surface area contributed by atoms with Crippen molar-refractivity contribution in [3.8, 4) is 0 Å². The number of hydrogen-bond acceptors (Lipinski definition) is 3. The van der Waals surface area contributed by atoms with Gasteiger partial charge in [0, 0.05) is 31.1 Å². The maximum Gasteiger partial charge on any atom is 0.303 e. The Kier molecular flexibility index (Phi) is 4.49. The predicted octanol–water partition coefficient (Wildman–Crippen LogP) is 0.276. The van der Waals surface area contributed by atoms with Crippen LogP contribution in [0.2, 0.25) is 0 Å². The quantitative estimate of drug-likeness (QED) is 0.588. The summed E-state index contributed by atoms with van der Waals surface area (Å²) in [6, 6.07) is -0.104. The molecule has 1 amide bonds. The van der Waals surface area contributed by atoms with Crippen LogP contribution in [0.15, 0.2) is 11.1 Å². The van der Waals surface area contributed by atoms with Gasteiger partial charge < -0.3 is 15.7 Å². The van der Waals surface area contributed by atoms with E-state index in [1.165, 1.54) is 0 Å². The van der Waals surface area contributed by atoms with Crippen LogP contribution < -0.4 is 10.6 Å². The normalized spacial score (nSPS) is 16.2. The van der Waals surface area contributed by atoms with Gasteiger partial charge in [-0.25, -0.2) is 0 Å². The van der Waals surface area contributed by atoms with E-state index in [-0.39, 0.29) is 18.4 Å². The van der Waals surface area contributed by atoms with Gasteiger partial charge in [0.05, 0.1) is 0 Å². The molecule has 5 heteroatoms. The predicted molar refractivity (Wildman–Crippen MR) is 60.0 cm³/mol. The maximum atomic E-state index is 11.7. The van der Waals surface area contributed by atoms with Crippen LogP contribution in [-0.4, -0.2) is 36.1 Å². The Morgan fingerprint density at radius 1 is 1.50 bits per heavy atom. The molecule has 3 N–H and O–H groups in total. The van der Waals surface area contributed by atoms with Gasteiger partial charge in [-0.3, -0.25) is 9.59 Å². The van der Waals surface area contributed by atoms with Crippen LogP contribution in [0.1, 0.15) is 26.7 Å². The summed E-state index contributed by atoms with van der Waals surface area (Å²) < 4.78 is 0. The average Bonchev–Trinajstić information content (AvgIpc) is 2.11. The standard InChI is InChI=1S/C11H18N2O3/c1-7(3-4-10(14)15)13-11(16)8(2)9-5-12-6-9/h7,12H,3-6H2,1-2H3,(H,13,16)(H,14,15). The van der Waals surface area contributed by atoms with E-state index >= 15 is 0 Å². The minimum Gasteiger partial charge on any atom is -0.481 e. The molecule has 90 valence electrons. The van der Waals surface area contributed by atoms with E-state index in [2.05, 4.69) is 10.6 Å². The number of carboxylic acids is 1. The van der Waals surface area contributed by atoms with E-state index in [9.17, 15) is 9.59 Å². The number of nitrogens with one attached hydrogen (secondary N) is 2. The molecule has 1 aliphatic rings. The molecule has 1 unspecified atom stereocenters. The minimum atomic E-state index is -0.834. The van der Waals surface area contributed by atoms with Gasteiger partial charge in [0.25, 0.3) is 0 Å². The van der Waals surface area contributed by atoms with Crippen LogP contribution in [0.3, 0.4) is 0 Å². The molecule has 0 spiro atoms. The Labute approximate surface area is 94.9 Å². The van der Waals surface area contributed by atoms with E-state index < -0.39 is 5.97 Å². The van der Waals surface area contributed by atoms with Gasteiger partial charge in [0.1, 0.15) is 0 Å². The molecule has 0 bridgehead atoms. The second-order valence-electron chi connectivity index (χ2n) is 4.14. The van der Waals surface area contributed by atoms with Gasteiger partial charge in [0.2, 0.25) is 5.91 Å². The molecule has 1 fully saturated rings. The first kappa shape index (κ1) is 12.7. The highest BCUT2D eigenvalue weighted by molar-refractivity contribution is 5.94. The lowest BCUT2D eigenvalue weighted by atomic mass is 10.0. The molecule has 0 aromatic rings. The Morgan fingerprint density at radius 2 is 2.12 bits per heavy atom. The largest absolute Gasteiger partial charge is 0.481 e. The molecule has 1 atom stereocenters. The molecule has 0 radical (unpaired) electrons. The second kappa shape index (κ2) is 5.65. The molecule has 1 heterocycles. The third-order valence-corrected chi connectivity index (χ3v) is 2.72. The lowest BCUT2D eigenvalue weighted by Crippen LogP contribution is -2.39. The van der Waals surface area contributed by atoms with E-state index in [4.69, 9.17) is 5.11 Å². The zero-order valence-electron chi connectivity index (χ0n) is 9.67. The minimum absolute atomic E-state index is 0.0820. The second-order valence-corrected chi connectivity index (χ2v) is 4.14. The van der Waals surface area contributed by atoms with Crippen LogP contribution in [-0.2, 0) is 9.59 Å². The summed E-state index contributed by atoms with van der Waals surface area (Å²) in [6.07, 6.45) is 0.542. The monoisotopic (exact) mass is 226 g/mol. The molecule has 0 aromatic heterocycles. The Balaban J connectivity index is 2.36. The zero-order chi connectivity index (χ0) is 12.1. The first-order valence-electron chi connectivity index (χ1n) is 5.42. The van der Waals surface area contributed by atoms with E-state index in [1.54, 1.807) is 6.92 Å². The van der Waals surface area contributed by atoms with Gasteiger partial charge in [0.15, 0.2) is 0 Å². The fourth-order valence-corrected chi connectivity index (χ4v) is 1.42. The van der Waals surface area contributed by atoms with Crippen molar-refractivity contribution in [1.29, 1.82) is 0 Å². The summed E-state index contributed by atoms with van der Waals surface area (Å²) in [5.41, 5.74) is 1.88. The molecule has 1 rings (SSSR count). The molecular weight excluding hydrogens is 208 g/mol. The number of hydrogen-bond donors (Lipinski definition) is 3. The summed E-state index contributed by atoms with van der Waals surface area (Å²) in [6.45, 7) is 5.18. The van der Waals surface area contributed by atoms with Crippen LogP contribution >= 0.6 is 0 Å². The molecular formula is C11H18N2O3. The summed E-state index contributed by atoms with van der Waals surface area (Å²) in [7, 11) is 0. The smallest absolute Gasteiger partial charge is 0.303 e. The molecule has 16 heavy (non-hydrogen) atoms. The van der Waals surface area contributed by atoms with Gasteiger partial charge in [-0.05, 0) is 25.8 Å². The molecule has 5 nitrogen and oxygen atoms in total. The SMILES string of the molecule is CC(C(=O)NC(C)CCC(=O)O)=C1CNC1. The molecule has 0 saturated carbocycles. The molecule has 1 saturated heterocycles. The maximum absolute atomic E-state index is 11.7. The van der Waals surface area contributed by atoms with Crippen molar-refractivity contribution in [3.63, 3.8) is 0 Å². The Hall–Kier alpha value is -1.36. The first-order chi connectivity index (χ1) is 7.50. The van der Waals surface area contributed by atoms with E-state index in [0.717, 1.165) is 24.2 Å². The highest BCUT2D eigenvalue weighted by Crippen LogP contribution is 2.09. The van der Waals surface area contributed by atoms with Crippen LogP contribution in [0.25, 0.3) is 0 Å². The van der Waals surface area contributed by atoms with E-state index in [0.29, 0.717) is 6.42 Å². The summed E-state index contributed by atoms with van der Waals surface area (Å²) in [5.74, 6) is -0.922. The van der Waals surface area contributed by atoms with Gasteiger partial charge in [-0.15, -0.1) is 0 Å².